The highest BCUT2D eigenvalue weighted by Crippen LogP contribution is 2.30. The normalized spacial score (nSPS) is 23.7. The van der Waals surface area contributed by atoms with Crippen molar-refractivity contribution in [2.75, 3.05) is 18.4 Å². The topological polar surface area (TPSA) is 96.3 Å². The van der Waals surface area contributed by atoms with Gasteiger partial charge in [-0.25, -0.2) is 8.42 Å². The summed E-state index contributed by atoms with van der Waals surface area (Å²) in [5.74, 6) is 0.102. The van der Waals surface area contributed by atoms with Gasteiger partial charge in [-0.05, 0) is 38.0 Å². The highest BCUT2D eigenvalue weighted by Gasteiger charge is 2.36. The minimum atomic E-state index is -3.55. The van der Waals surface area contributed by atoms with E-state index < -0.39 is 16.2 Å². The van der Waals surface area contributed by atoms with E-state index in [9.17, 15) is 13.2 Å². The fourth-order valence-corrected chi connectivity index (χ4v) is 5.31. The number of carbonyl (C=O) groups is 1. The van der Waals surface area contributed by atoms with Crippen LogP contribution >= 0.6 is 0 Å². The standard InChI is InChI=1S/C19H25N5O3S/c1-14-8-11-24(21-14)12-9-18(25)23-10-4-5-15(13-23)19-20-16-6-2-3-7-17(16)28(26,27)22-19/h2-3,6-8,11,15,19-20,22H,4-5,9-10,12-13H2,1H3. The number of nitrogens with zero attached hydrogens (tertiary/aromatic N) is 3. The van der Waals surface area contributed by atoms with Crippen LogP contribution in [-0.4, -0.2) is 48.3 Å². The molecule has 0 bridgehead atoms. The Morgan fingerprint density at radius 1 is 1.29 bits per heavy atom. The van der Waals surface area contributed by atoms with Gasteiger partial charge in [-0.2, -0.15) is 9.82 Å². The third-order valence-corrected chi connectivity index (χ3v) is 6.88. The molecule has 1 aromatic heterocycles. The first-order valence-electron chi connectivity index (χ1n) is 9.58. The number of hydrogen-bond acceptors (Lipinski definition) is 5. The van der Waals surface area contributed by atoms with Crippen molar-refractivity contribution < 1.29 is 13.2 Å². The Kier molecular flexibility index (Phi) is 5.11. The number of sulfonamides is 1. The van der Waals surface area contributed by atoms with E-state index in [1.54, 1.807) is 22.9 Å². The van der Waals surface area contributed by atoms with Crippen molar-refractivity contribution in [1.29, 1.82) is 0 Å². The van der Waals surface area contributed by atoms with Crippen molar-refractivity contribution in [3.8, 4) is 0 Å². The van der Waals surface area contributed by atoms with E-state index in [0.29, 0.717) is 31.7 Å². The Labute approximate surface area is 165 Å². The predicted octanol–water partition coefficient (Wildman–Crippen LogP) is 1.55. The van der Waals surface area contributed by atoms with Gasteiger partial charge in [-0.15, -0.1) is 0 Å². The van der Waals surface area contributed by atoms with Crippen LogP contribution in [0.3, 0.4) is 0 Å². The van der Waals surface area contributed by atoms with Crippen molar-refractivity contribution in [1.82, 2.24) is 19.4 Å². The number of anilines is 1. The summed E-state index contributed by atoms with van der Waals surface area (Å²) in [5, 5.41) is 7.61. The summed E-state index contributed by atoms with van der Waals surface area (Å²) in [7, 11) is -3.55. The molecule has 1 fully saturated rings. The summed E-state index contributed by atoms with van der Waals surface area (Å²) in [6, 6.07) is 8.81. The third kappa shape index (κ3) is 3.90. The molecule has 0 saturated carbocycles. The fourth-order valence-electron chi connectivity index (χ4n) is 3.93. The lowest BCUT2D eigenvalue weighted by Crippen LogP contribution is -2.54. The van der Waals surface area contributed by atoms with Crippen LogP contribution in [0.15, 0.2) is 41.4 Å². The van der Waals surface area contributed by atoms with Gasteiger partial charge in [-0.1, -0.05) is 12.1 Å². The molecule has 9 heteroatoms. The average Bonchev–Trinajstić information content (AvgIpc) is 3.11. The first-order chi connectivity index (χ1) is 13.4. The Hall–Kier alpha value is -2.39. The summed E-state index contributed by atoms with van der Waals surface area (Å²) in [4.78, 5) is 14.8. The van der Waals surface area contributed by atoms with Crippen LogP contribution < -0.4 is 10.0 Å². The van der Waals surface area contributed by atoms with Crippen molar-refractivity contribution in [3.63, 3.8) is 0 Å². The van der Waals surface area contributed by atoms with E-state index in [2.05, 4.69) is 15.1 Å². The minimum absolute atomic E-state index is 0.0211. The van der Waals surface area contributed by atoms with Crippen LogP contribution in [0.4, 0.5) is 5.69 Å². The van der Waals surface area contributed by atoms with Crippen LogP contribution in [0.25, 0.3) is 0 Å². The van der Waals surface area contributed by atoms with Crippen molar-refractivity contribution in [3.05, 3.63) is 42.2 Å². The van der Waals surface area contributed by atoms with Gasteiger partial charge in [0.05, 0.1) is 17.5 Å². The molecule has 3 heterocycles. The summed E-state index contributed by atoms with van der Waals surface area (Å²) in [6.45, 7) is 3.72. The molecule has 2 aromatic rings. The van der Waals surface area contributed by atoms with Gasteiger partial charge < -0.3 is 10.2 Å². The number of hydrogen-bond donors (Lipinski definition) is 2. The first-order valence-corrected chi connectivity index (χ1v) is 11.1. The lowest BCUT2D eigenvalue weighted by atomic mass is 9.94. The number of amides is 1. The van der Waals surface area contributed by atoms with Gasteiger partial charge in [0.1, 0.15) is 4.90 Å². The zero-order valence-electron chi connectivity index (χ0n) is 15.8. The Bertz CT molecular complexity index is 971. The molecule has 2 unspecified atom stereocenters. The van der Waals surface area contributed by atoms with E-state index >= 15 is 0 Å². The van der Waals surface area contributed by atoms with Crippen LogP contribution in [0.1, 0.15) is 25.0 Å². The van der Waals surface area contributed by atoms with Gasteiger partial charge in [-0.3, -0.25) is 9.48 Å². The van der Waals surface area contributed by atoms with Gasteiger partial charge in [0, 0.05) is 38.2 Å². The molecular formula is C19H25N5O3S. The smallest absolute Gasteiger partial charge is 0.244 e. The molecule has 0 radical (unpaired) electrons. The second-order valence-electron chi connectivity index (χ2n) is 7.45. The zero-order valence-corrected chi connectivity index (χ0v) is 16.7. The van der Waals surface area contributed by atoms with Crippen LogP contribution in [0.5, 0.6) is 0 Å². The van der Waals surface area contributed by atoms with Crippen LogP contribution in [0.2, 0.25) is 0 Å². The number of benzene rings is 1. The molecule has 150 valence electrons. The maximum absolute atomic E-state index is 12.7. The number of aryl methyl sites for hydroxylation is 2. The summed E-state index contributed by atoms with van der Waals surface area (Å²) >= 11 is 0. The molecule has 2 aliphatic heterocycles. The predicted molar refractivity (Wildman–Crippen MR) is 105 cm³/mol. The van der Waals surface area contributed by atoms with E-state index in [0.717, 1.165) is 18.5 Å². The molecule has 2 N–H and O–H groups in total. The van der Waals surface area contributed by atoms with E-state index in [1.807, 2.05) is 30.2 Å². The monoisotopic (exact) mass is 403 g/mol. The largest absolute Gasteiger partial charge is 0.368 e. The average molecular weight is 404 g/mol. The van der Waals surface area contributed by atoms with Crippen LogP contribution in [0, 0.1) is 12.8 Å². The van der Waals surface area contributed by atoms with E-state index in [4.69, 9.17) is 0 Å². The number of fused-ring (bicyclic) bond motifs is 1. The Morgan fingerprint density at radius 2 is 2.11 bits per heavy atom. The highest BCUT2D eigenvalue weighted by molar-refractivity contribution is 7.89. The van der Waals surface area contributed by atoms with Crippen molar-refractivity contribution in [2.24, 2.45) is 5.92 Å². The molecule has 28 heavy (non-hydrogen) atoms. The maximum atomic E-state index is 12.7. The van der Waals surface area contributed by atoms with Gasteiger partial charge in [0.15, 0.2) is 0 Å². The quantitative estimate of drug-likeness (QED) is 0.807. The Morgan fingerprint density at radius 3 is 2.89 bits per heavy atom. The van der Waals surface area contributed by atoms with Crippen molar-refractivity contribution >= 4 is 21.6 Å². The van der Waals surface area contributed by atoms with E-state index in [-0.39, 0.29) is 16.7 Å². The molecular weight excluding hydrogens is 378 g/mol. The van der Waals surface area contributed by atoms with Crippen LogP contribution in [-0.2, 0) is 21.4 Å². The Balaban J connectivity index is 1.40. The van der Waals surface area contributed by atoms with E-state index in [1.165, 1.54) is 0 Å². The number of rotatable bonds is 4. The number of para-hydroxylation sites is 1. The lowest BCUT2D eigenvalue weighted by molar-refractivity contribution is -0.133. The molecule has 2 aliphatic rings. The number of nitrogens with one attached hydrogen (secondary N) is 2. The summed E-state index contributed by atoms with van der Waals surface area (Å²) in [6.07, 6.45) is 3.58. The third-order valence-electron chi connectivity index (χ3n) is 5.38. The molecule has 8 nitrogen and oxygen atoms in total. The van der Waals surface area contributed by atoms with Gasteiger partial charge in [0.2, 0.25) is 15.9 Å². The second-order valence-corrected chi connectivity index (χ2v) is 9.13. The fraction of sp³-hybridized carbons (Fsp3) is 0.474. The summed E-state index contributed by atoms with van der Waals surface area (Å²) < 4.78 is 29.7. The van der Waals surface area contributed by atoms with Crippen molar-refractivity contribution in [2.45, 2.75) is 43.8 Å². The molecule has 1 saturated heterocycles. The summed E-state index contributed by atoms with van der Waals surface area (Å²) in [5.41, 5.74) is 1.55. The highest BCUT2D eigenvalue weighted by atomic mass is 32.2. The first kappa shape index (κ1) is 18.9. The molecule has 1 amide bonds. The van der Waals surface area contributed by atoms with Gasteiger partial charge in [0.25, 0.3) is 0 Å². The molecule has 4 rings (SSSR count). The van der Waals surface area contributed by atoms with Gasteiger partial charge >= 0.3 is 0 Å². The maximum Gasteiger partial charge on any atom is 0.244 e. The molecule has 2 atom stereocenters. The number of aromatic nitrogens is 2. The molecule has 1 aromatic carbocycles. The number of carbonyl (C=O) groups excluding carboxylic acids is 1. The lowest BCUT2D eigenvalue weighted by Gasteiger charge is -2.39. The molecule has 0 aliphatic carbocycles. The number of likely N-dealkylation sites (tertiary alicyclic amines) is 1. The SMILES string of the molecule is Cc1ccn(CCC(=O)N2CCCC(C3Nc4ccccc4S(=O)(=O)N3)C2)n1. The second kappa shape index (κ2) is 7.56. The zero-order chi connectivity index (χ0) is 19.7. The molecule has 0 spiro atoms. The minimum Gasteiger partial charge on any atom is -0.368 e. The number of piperidine rings is 1.